The molecule has 1 amide bonds. The van der Waals surface area contributed by atoms with Crippen molar-refractivity contribution in [3.05, 3.63) is 93.0 Å². The topological polar surface area (TPSA) is 124 Å². The minimum atomic E-state index is -3.47. The molecular weight excluding hydrogens is 712 g/mol. The standard InChI is InChI=1S/C36H30ClF6N7O2/c1-35(2,52)9-8-19-4-5-20(21-6-7-24(37)28-31(21)49(3)48-34(28)44)29(45-19)25(12-16-10-17(38)13-18(39)11-16)46-26(51)15-50-32-27(30(47-50)33(40)41)22-14-23(22)36(32,42)43/h4-7,10-11,13,22-23,25,33,52H,12,14-15H2,1-3H3,(H2,44,48)(H,46,51)/t22-,23+,25?/m0/s1. The molecule has 0 radical (unpaired) electrons. The normalized spacial score (nSPS) is 17.8. The highest BCUT2D eigenvalue weighted by Crippen LogP contribution is 2.68. The molecule has 2 aliphatic rings. The van der Waals surface area contributed by atoms with Crippen LogP contribution in [0.2, 0.25) is 5.02 Å². The first kappa shape index (κ1) is 35.3. The Morgan fingerprint density at radius 2 is 1.81 bits per heavy atom. The number of aryl methyl sites for hydroxylation is 1. The lowest BCUT2D eigenvalue weighted by atomic mass is 9.93. The molecule has 9 nitrogen and oxygen atoms in total. The summed E-state index contributed by atoms with van der Waals surface area (Å²) in [5.41, 5.74) is 4.75. The van der Waals surface area contributed by atoms with Crippen LogP contribution in [0, 0.1) is 29.4 Å². The number of nitrogens with one attached hydrogen (secondary N) is 1. The van der Waals surface area contributed by atoms with Gasteiger partial charge in [-0.3, -0.25) is 14.2 Å². The van der Waals surface area contributed by atoms with Crippen LogP contribution in [0.4, 0.5) is 32.2 Å². The monoisotopic (exact) mass is 741 g/mol. The second-order valence-electron chi connectivity index (χ2n) is 13.5. The Kier molecular flexibility index (Phi) is 8.53. The van der Waals surface area contributed by atoms with E-state index in [-0.39, 0.29) is 41.2 Å². The van der Waals surface area contributed by atoms with Gasteiger partial charge in [0.1, 0.15) is 40.9 Å². The summed E-state index contributed by atoms with van der Waals surface area (Å²) in [7, 11) is 1.64. The van der Waals surface area contributed by atoms with Crippen LogP contribution in [0.5, 0.6) is 0 Å². The van der Waals surface area contributed by atoms with Gasteiger partial charge in [-0.1, -0.05) is 23.6 Å². The van der Waals surface area contributed by atoms with E-state index in [0.29, 0.717) is 37.8 Å². The van der Waals surface area contributed by atoms with Gasteiger partial charge >= 0.3 is 0 Å². The zero-order valence-electron chi connectivity index (χ0n) is 27.8. The Hall–Kier alpha value is -5.07. The highest BCUT2D eigenvalue weighted by Gasteiger charge is 2.67. The molecule has 16 heteroatoms. The molecule has 0 aliphatic heterocycles. The van der Waals surface area contributed by atoms with Crippen molar-refractivity contribution < 1.29 is 36.2 Å². The molecule has 3 aromatic heterocycles. The van der Waals surface area contributed by atoms with Crippen LogP contribution in [0.15, 0.2) is 42.5 Å². The third kappa shape index (κ3) is 6.34. The van der Waals surface area contributed by atoms with Gasteiger partial charge in [-0.05, 0) is 74.4 Å². The van der Waals surface area contributed by atoms with E-state index in [9.17, 15) is 27.5 Å². The number of carbonyl (C=O) groups excluding carboxylic acids is 1. The minimum absolute atomic E-state index is 0.0469. The number of pyridine rings is 1. The first-order chi connectivity index (χ1) is 24.4. The van der Waals surface area contributed by atoms with E-state index >= 15 is 8.78 Å². The molecule has 0 spiro atoms. The lowest BCUT2D eigenvalue weighted by Gasteiger charge is -2.23. The number of hydrogen-bond donors (Lipinski definition) is 3. The second-order valence-corrected chi connectivity index (χ2v) is 14.0. The van der Waals surface area contributed by atoms with Crippen LogP contribution in [0.3, 0.4) is 0 Å². The quantitative estimate of drug-likeness (QED) is 0.120. The van der Waals surface area contributed by atoms with Crippen LogP contribution in [-0.4, -0.2) is 41.2 Å². The summed E-state index contributed by atoms with van der Waals surface area (Å²) < 4.78 is 89.5. The van der Waals surface area contributed by atoms with Gasteiger partial charge in [0, 0.05) is 35.7 Å². The fraction of sp³-hybridized carbons (Fsp3) is 0.333. The zero-order chi connectivity index (χ0) is 37.4. The zero-order valence-corrected chi connectivity index (χ0v) is 28.5. The molecule has 0 bridgehead atoms. The summed E-state index contributed by atoms with van der Waals surface area (Å²) in [6, 6.07) is 8.02. The fourth-order valence-electron chi connectivity index (χ4n) is 7.01. The number of hydrogen-bond acceptors (Lipinski definition) is 6. The first-order valence-corrected chi connectivity index (χ1v) is 16.5. The van der Waals surface area contributed by atoms with Gasteiger partial charge < -0.3 is 16.2 Å². The molecule has 7 rings (SSSR count). The van der Waals surface area contributed by atoms with Crippen LogP contribution >= 0.6 is 11.6 Å². The number of carbonyl (C=O) groups is 1. The molecule has 3 heterocycles. The Balaban J connectivity index is 1.37. The van der Waals surface area contributed by atoms with Crippen molar-refractivity contribution in [1.29, 1.82) is 0 Å². The van der Waals surface area contributed by atoms with E-state index in [2.05, 4.69) is 27.4 Å². The van der Waals surface area contributed by atoms with Gasteiger partial charge in [-0.25, -0.2) is 22.5 Å². The highest BCUT2D eigenvalue weighted by atomic mass is 35.5. The Labute approximate surface area is 297 Å². The summed E-state index contributed by atoms with van der Waals surface area (Å²) in [5, 5.41) is 21.8. The van der Waals surface area contributed by atoms with Gasteiger partial charge in [-0.15, -0.1) is 0 Å². The number of nitrogen functional groups attached to an aromatic ring is 1. The summed E-state index contributed by atoms with van der Waals surface area (Å²) in [4.78, 5) is 18.5. The third-order valence-electron chi connectivity index (χ3n) is 9.16. The van der Waals surface area contributed by atoms with E-state index in [1.54, 1.807) is 31.3 Å². The first-order valence-electron chi connectivity index (χ1n) is 16.1. The van der Waals surface area contributed by atoms with Gasteiger partial charge in [0.05, 0.1) is 27.7 Å². The van der Waals surface area contributed by atoms with Crippen molar-refractivity contribution in [2.24, 2.45) is 13.0 Å². The highest BCUT2D eigenvalue weighted by molar-refractivity contribution is 6.37. The molecule has 3 atom stereocenters. The van der Waals surface area contributed by atoms with Crippen LogP contribution in [0.1, 0.15) is 72.6 Å². The molecular formula is C36H30ClF6N7O2. The number of alkyl halides is 4. The van der Waals surface area contributed by atoms with E-state index in [1.807, 2.05) is 0 Å². The molecule has 1 unspecified atom stereocenters. The molecule has 52 heavy (non-hydrogen) atoms. The molecule has 0 saturated heterocycles. The smallest absolute Gasteiger partial charge is 0.293 e. The van der Waals surface area contributed by atoms with Crippen LogP contribution < -0.4 is 11.1 Å². The predicted molar refractivity (Wildman–Crippen MR) is 179 cm³/mol. The Bertz CT molecular complexity index is 2320. The second kappa shape index (κ2) is 12.6. The maximum atomic E-state index is 15.3. The number of nitrogens with two attached hydrogens (primary N) is 1. The molecule has 1 saturated carbocycles. The third-order valence-corrected chi connectivity index (χ3v) is 9.48. The number of aromatic nitrogens is 5. The molecule has 5 aromatic rings. The summed E-state index contributed by atoms with van der Waals surface area (Å²) in [5.74, 6) is -2.49. The molecule has 270 valence electrons. The Morgan fingerprint density at radius 3 is 2.48 bits per heavy atom. The number of amides is 1. The van der Waals surface area contributed by atoms with Crippen molar-refractivity contribution in [3.63, 3.8) is 0 Å². The number of rotatable bonds is 8. The van der Waals surface area contributed by atoms with E-state index in [4.69, 9.17) is 22.3 Å². The number of halogens is 7. The Morgan fingerprint density at radius 1 is 1.12 bits per heavy atom. The molecule has 2 aliphatic carbocycles. The maximum absolute atomic E-state index is 15.3. The molecule has 1 fully saturated rings. The number of aliphatic hydroxyl groups is 1. The number of benzene rings is 2. The largest absolute Gasteiger partial charge is 0.382 e. The number of fused-ring (bicyclic) bond motifs is 4. The van der Waals surface area contributed by atoms with Crippen molar-refractivity contribution >= 4 is 34.2 Å². The summed E-state index contributed by atoms with van der Waals surface area (Å²) in [6.07, 6.45) is -3.36. The van der Waals surface area contributed by atoms with E-state index in [1.165, 1.54) is 18.5 Å². The number of nitrogens with zero attached hydrogens (tertiary/aromatic N) is 5. The van der Waals surface area contributed by atoms with Crippen LogP contribution in [0.25, 0.3) is 22.0 Å². The van der Waals surface area contributed by atoms with Crippen molar-refractivity contribution in [2.75, 3.05) is 5.73 Å². The van der Waals surface area contributed by atoms with E-state index in [0.717, 1.165) is 12.1 Å². The summed E-state index contributed by atoms with van der Waals surface area (Å²) in [6.45, 7) is 2.06. The number of anilines is 1. The van der Waals surface area contributed by atoms with Crippen molar-refractivity contribution in [2.45, 2.75) is 63.1 Å². The average molecular weight is 742 g/mol. The minimum Gasteiger partial charge on any atom is -0.382 e. The van der Waals surface area contributed by atoms with Gasteiger partial charge in [0.25, 0.3) is 12.3 Å². The van der Waals surface area contributed by atoms with Crippen molar-refractivity contribution in [3.8, 4) is 23.0 Å². The van der Waals surface area contributed by atoms with Gasteiger partial charge in [0.2, 0.25) is 5.91 Å². The molecule has 4 N–H and O–H groups in total. The lowest BCUT2D eigenvalue weighted by molar-refractivity contribution is -0.123. The SMILES string of the molecule is Cn1nc(N)c2c(Cl)ccc(-c3ccc(C#CC(C)(C)O)nc3C(Cc3cc(F)cc(F)c3)NC(=O)Cn3nc(C(F)F)c4c3C(F)(F)[C@@H]3C[C@H]43)c21. The predicted octanol–water partition coefficient (Wildman–Crippen LogP) is 6.71. The average Bonchev–Trinajstić information content (AvgIpc) is 3.60. The fourth-order valence-corrected chi connectivity index (χ4v) is 7.26. The maximum Gasteiger partial charge on any atom is 0.293 e. The van der Waals surface area contributed by atoms with Crippen LogP contribution in [-0.2, 0) is 30.7 Å². The van der Waals surface area contributed by atoms with Crippen molar-refractivity contribution in [1.82, 2.24) is 29.9 Å². The molecule has 2 aromatic carbocycles. The summed E-state index contributed by atoms with van der Waals surface area (Å²) >= 11 is 6.50. The van der Waals surface area contributed by atoms with E-state index < -0.39 is 71.3 Å². The lowest BCUT2D eigenvalue weighted by Crippen LogP contribution is -2.35. The van der Waals surface area contributed by atoms with Gasteiger partial charge in [0.15, 0.2) is 5.82 Å². The van der Waals surface area contributed by atoms with Gasteiger partial charge in [-0.2, -0.15) is 19.0 Å².